The summed E-state index contributed by atoms with van der Waals surface area (Å²) in [5, 5.41) is 1.62. The van der Waals surface area contributed by atoms with Crippen molar-refractivity contribution in [3.05, 3.63) is 33.7 Å². The third-order valence-electron chi connectivity index (χ3n) is 2.03. The van der Waals surface area contributed by atoms with Crippen LogP contribution < -0.4 is 5.73 Å². The van der Waals surface area contributed by atoms with Gasteiger partial charge in [-0.3, -0.25) is 0 Å². The highest BCUT2D eigenvalue weighted by Gasteiger charge is 2.08. The number of rotatable bonds is 3. The van der Waals surface area contributed by atoms with Crippen molar-refractivity contribution in [1.29, 1.82) is 0 Å². The van der Waals surface area contributed by atoms with Gasteiger partial charge in [0.05, 0.1) is 9.90 Å². The molecule has 0 radical (unpaired) electrons. The molecule has 3 nitrogen and oxygen atoms in total. The van der Waals surface area contributed by atoms with Crippen molar-refractivity contribution in [2.45, 2.75) is 16.9 Å². The van der Waals surface area contributed by atoms with Gasteiger partial charge < -0.3 is 5.73 Å². The van der Waals surface area contributed by atoms with E-state index in [1.165, 1.54) is 11.3 Å². The van der Waals surface area contributed by atoms with Gasteiger partial charge in [-0.05, 0) is 18.6 Å². The predicted molar refractivity (Wildman–Crippen MR) is 75.1 cm³/mol. The summed E-state index contributed by atoms with van der Waals surface area (Å²) in [6.45, 7) is 1.94. The highest BCUT2D eigenvalue weighted by atomic mass is 35.5. The Morgan fingerprint density at radius 1 is 1.47 bits per heavy atom. The number of aryl methyl sites for hydroxylation is 1. The molecule has 0 saturated heterocycles. The molecular weight excluding hydrogens is 297 g/mol. The number of nitrogens with zero attached hydrogens (tertiary/aromatic N) is 2. The second kappa shape index (κ2) is 5.44. The summed E-state index contributed by atoms with van der Waals surface area (Å²) in [5.41, 5.74) is 7.54. The Labute approximate surface area is 117 Å². The molecule has 0 spiro atoms. The lowest BCUT2D eigenvalue weighted by Gasteiger charge is -2.02. The SMILES string of the molecule is Cc1nc(N)sc1SCc1cnc(Cl)cc1Cl. The zero-order chi connectivity index (χ0) is 12.4. The molecule has 7 heteroatoms. The zero-order valence-corrected chi connectivity index (χ0v) is 12.1. The summed E-state index contributed by atoms with van der Waals surface area (Å²) in [5.74, 6) is 0.728. The van der Waals surface area contributed by atoms with Gasteiger partial charge in [-0.1, -0.05) is 34.5 Å². The fraction of sp³-hybridized carbons (Fsp3) is 0.200. The van der Waals surface area contributed by atoms with Gasteiger partial charge in [-0.25, -0.2) is 9.97 Å². The van der Waals surface area contributed by atoms with E-state index in [4.69, 9.17) is 28.9 Å². The van der Waals surface area contributed by atoms with Crippen molar-refractivity contribution in [3.63, 3.8) is 0 Å². The maximum absolute atomic E-state index is 6.07. The molecule has 0 saturated carbocycles. The lowest BCUT2D eigenvalue weighted by Crippen LogP contribution is -1.85. The molecule has 90 valence electrons. The molecule has 0 aliphatic carbocycles. The standard InChI is InChI=1S/C10H9Cl2N3S2/c1-5-9(17-10(13)15-5)16-4-6-3-14-8(12)2-7(6)11/h2-3H,4H2,1H3,(H2,13,15). The van der Waals surface area contributed by atoms with E-state index in [0.29, 0.717) is 15.3 Å². The molecule has 2 N–H and O–H groups in total. The first-order chi connectivity index (χ1) is 8.06. The summed E-state index contributed by atoms with van der Waals surface area (Å²) in [7, 11) is 0. The highest BCUT2D eigenvalue weighted by molar-refractivity contribution is 8.00. The molecule has 0 fully saturated rings. The molecule has 2 rings (SSSR count). The molecule has 0 aliphatic heterocycles. The molecule has 0 aromatic carbocycles. The van der Waals surface area contributed by atoms with Gasteiger partial charge in [0.2, 0.25) is 0 Å². The highest BCUT2D eigenvalue weighted by Crippen LogP contribution is 2.34. The first-order valence-electron chi connectivity index (χ1n) is 4.72. The second-order valence-corrected chi connectivity index (χ2v) is 6.38. The number of nitrogens with two attached hydrogens (primary N) is 1. The summed E-state index contributed by atoms with van der Waals surface area (Å²) in [6.07, 6.45) is 1.69. The van der Waals surface area contributed by atoms with Crippen LogP contribution in [0.5, 0.6) is 0 Å². The summed E-state index contributed by atoms with van der Waals surface area (Å²) in [6, 6.07) is 1.65. The molecule has 2 aromatic rings. The molecule has 0 unspecified atom stereocenters. The lowest BCUT2D eigenvalue weighted by atomic mass is 10.3. The molecule has 0 amide bonds. The van der Waals surface area contributed by atoms with Gasteiger partial charge in [0, 0.05) is 17.0 Å². The number of hydrogen-bond acceptors (Lipinski definition) is 5. The topological polar surface area (TPSA) is 51.8 Å². The Morgan fingerprint density at radius 3 is 2.82 bits per heavy atom. The van der Waals surface area contributed by atoms with Crippen LogP contribution in [-0.4, -0.2) is 9.97 Å². The Bertz CT molecular complexity index is 542. The molecular formula is C10H9Cl2N3S2. The smallest absolute Gasteiger partial charge is 0.181 e. The van der Waals surface area contributed by atoms with E-state index in [-0.39, 0.29) is 0 Å². The van der Waals surface area contributed by atoms with Crippen LogP contribution in [0.2, 0.25) is 10.2 Å². The Hall–Kier alpha value is -0.490. The van der Waals surface area contributed by atoms with Crippen LogP contribution in [0.1, 0.15) is 11.3 Å². The number of anilines is 1. The third-order valence-corrected chi connectivity index (χ3v) is 4.98. The Balaban J connectivity index is 2.10. The second-order valence-electron chi connectivity index (χ2n) is 3.31. The number of halogens is 2. The molecule has 2 aromatic heterocycles. The summed E-state index contributed by atoms with van der Waals surface area (Å²) < 4.78 is 1.11. The van der Waals surface area contributed by atoms with Crippen LogP contribution in [0.25, 0.3) is 0 Å². The first kappa shape index (κ1) is 13.0. The predicted octanol–water partition coefficient (Wildman–Crippen LogP) is 4.03. The molecule has 17 heavy (non-hydrogen) atoms. The van der Waals surface area contributed by atoms with Crippen molar-refractivity contribution in [2.75, 3.05) is 5.73 Å². The normalized spacial score (nSPS) is 10.8. The monoisotopic (exact) mass is 305 g/mol. The van der Waals surface area contributed by atoms with Gasteiger partial charge in [0.15, 0.2) is 5.13 Å². The van der Waals surface area contributed by atoms with Crippen LogP contribution in [0.3, 0.4) is 0 Å². The molecule has 0 bridgehead atoms. The van der Waals surface area contributed by atoms with Crippen LogP contribution in [0, 0.1) is 6.92 Å². The average Bonchev–Trinajstić information content (AvgIpc) is 2.56. The van der Waals surface area contributed by atoms with Gasteiger partial charge >= 0.3 is 0 Å². The van der Waals surface area contributed by atoms with Gasteiger partial charge in [0.25, 0.3) is 0 Å². The van der Waals surface area contributed by atoms with Crippen molar-refractivity contribution in [1.82, 2.24) is 9.97 Å². The Morgan fingerprint density at radius 2 is 2.24 bits per heavy atom. The third kappa shape index (κ3) is 3.25. The van der Waals surface area contributed by atoms with E-state index in [0.717, 1.165) is 21.2 Å². The van der Waals surface area contributed by atoms with E-state index in [2.05, 4.69) is 9.97 Å². The van der Waals surface area contributed by atoms with Crippen molar-refractivity contribution in [3.8, 4) is 0 Å². The Kier molecular flexibility index (Phi) is 4.14. The number of pyridine rings is 1. The largest absolute Gasteiger partial charge is 0.375 e. The maximum atomic E-state index is 6.07. The minimum Gasteiger partial charge on any atom is -0.375 e. The minimum absolute atomic E-state index is 0.405. The average molecular weight is 306 g/mol. The van der Waals surface area contributed by atoms with Crippen LogP contribution >= 0.6 is 46.3 Å². The molecule has 0 atom stereocenters. The number of thioether (sulfide) groups is 1. The quantitative estimate of drug-likeness (QED) is 0.687. The van der Waals surface area contributed by atoms with Crippen molar-refractivity contribution < 1.29 is 0 Å². The van der Waals surface area contributed by atoms with Gasteiger partial charge in [-0.15, -0.1) is 11.8 Å². The van der Waals surface area contributed by atoms with E-state index >= 15 is 0 Å². The van der Waals surface area contributed by atoms with Crippen LogP contribution in [0.15, 0.2) is 16.5 Å². The van der Waals surface area contributed by atoms with E-state index in [1.54, 1.807) is 24.0 Å². The fourth-order valence-corrected chi connectivity index (χ4v) is 3.74. The van der Waals surface area contributed by atoms with Gasteiger partial charge in [-0.2, -0.15) is 0 Å². The van der Waals surface area contributed by atoms with E-state index < -0.39 is 0 Å². The lowest BCUT2D eigenvalue weighted by molar-refractivity contribution is 1.21. The number of nitrogen functional groups attached to an aromatic ring is 1. The minimum atomic E-state index is 0.405. The van der Waals surface area contributed by atoms with E-state index in [1.807, 2.05) is 6.92 Å². The van der Waals surface area contributed by atoms with Crippen molar-refractivity contribution in [2.24, 2.45) is 0 Å². The van der Waals surface area contributed by atoms with Crippen LogP contribution in [-0.2, 0) is 5.75 Å². The molecule has 0 aliphatic rings. The summed E-state index contributed by atoms with van der Waals surface area (Å²) >= 11 is 14.9. The number of aromatic nitrogens is 2. The van der Waals surface area contributed by atoms with Gasteiger partial charge in [0.1, 0.15) is 5.15 Å². The number of hydrogen-bond donors (Lipinski definition) is 1. The van der Waals surface area contributed by atoms with Crippen molar-refractivity contribution >= 4 is 51.4 Å². The first-order valence-corrected chi connectivity index (χ1v) is 7.27. The molecule has 2 heterocycles. The summed E-state index contributed by atoms with van der Waals surface area (Å²) in [4.78, 5) is 8.18. The zero-order valence-electron chi connectivity index (χ0n) is 8.91. The van der Waals surface area contributed by atoms with Crippen LogP contribution in [0.4, 0.5) is 5.13 Å². The maximum Gasteiger partial charge on any atom is 0.181 e. The van der Waals surface area contributed by atoms with E-state index in [9.17, 15) is 0 Å². The fourth-order valence-electron chi connectivity index (χ4n) is 1.22. The number of thiazole rings is 1.